The van der Waals surface area contributed by atoms with Gasteiger partial charge < -0.3 is 5.32 Å². The van der Waals surface area contributed by atoms with Gasteiger partial charge in [-0.2, -0.15) is 0 Å². The molecule has 0 bridgehead atoms. The lowest BCUT2D eigenvalue weighted by molar-refractivity contribution is 0.101. The van der Waals surface area contributed by atoms with Crippen LogP contribution >= 0.6 is 0 Å². The van der Waals surface area contributed by atoms with Crippen molar-refractivity contribution in [1.82, 2.24) is 9.97 Å². The third-order valence-corrected chi connectivity index (χ3v) is 3.29. The lowest BCUT2D eigenvalue weighted by Crippen LogP contribution is -2.03. The van der Waals surface area contributed by atoms with Crippen LogP contribution in [0.25, 0.3) is 11.0 Å². The van der Waals surface area contributed by atoms with Crippen molar-refractivity contribution in [3.05, 3.63) is 59.8 Å². The van der Waals surface area contributed by atoms with Crippen LogP contribution in [0.3, 0.4) is 0 Å². The minimum Gasteiger partial charge on any atom is -0.339 e. The van der Waals surface area contributed by atoms with E-state index in [-0.39, 0.29) is 5.78 Å². The van der Waals surface area contributed by atoms with E-state index in [1.54, 1.807) is 13.0 Å². The van der Waals surface area contributed by atoms with Gasteiger partial charge in [-0.05, 0) is 38.1 Å². The summed E-state index contributed by atoms with van der Waals surface area (Å²) in [6.45, 7) is 3.44. The lowest BCUT2D eigenvalue weighted by Gasteiger charge is -2.10. The molecule has 0 amide bonds. The summed E-state index contributed by atoms with van der Waals surface area (Å²) in [5.74, 6) is 0.659. The summed E-state index contributed by atoms with van der Waals surface area (Å²) in [4.78, 5) is 20.9. The van der Waals surface area contributed by atoms with E-state index in [4.69, 9.17) is 0 Å². The average molecular weight is 277 g/mol. The zero-order chi connectivity index (χ0) is 14.8. The maximum atomic E-state index is 11.7. The predicted octanol–water partition coefficient (Wildman–Crippen LogP) is 3.88. The first kappa shape index (κ1) is 13.2. The number of fused-ring (bicyclic) bond motifs is 1. The molecule has 4 heteroatoms. The molecule has 0 saturated heterocycles. The van der Waals surface area contributed by atoms with Crippen LogP contribution in [0, 0.1) is 6.92 Å². The van der Waals surface area contributed by atoms with Gasteiger partial charge in [0.25, 0.3) is 0 Å². The molecule has 104 valence electrons. The number of nitrogens with one attached hydrogen (secondary N) is 1. The Morgan fingerprint density at radius 2 is 1.76 bits per heavy atom. The quantitative estimate of drug-likeness (QED) is 0.738. The largest absolute Gasteiger partial charge is 0.339 e. The topological polar surface area (TPSA) is 54.9 Å². The maximum absolute atomic E-state index is 11.7. The monoisotopic (exact) mass is 277 g/mol. The van der Waals surface area contributed by atoms with Crippen LogP contribution in [-0.4, -0.2) is 15.8 Å². The van der Waals surface area contributed by atoms with Crippen molar-refractivity contribution < 1.29 is 4.79 Å². The number of Topliss-reactive ketones (excluding diaryl/α,β-unsaturated/α-hetero) is 1. The Labute approximate surface area is 122 Å². The van der Waals surface area contributed by atoms with Gasteiger partial charge in [-0.3, -0.25) is 4.79 Å². The molecular weight excluding hydrogens is 262 g/mol. The van der Waals surface area contributed by atoms with Crippen molar-refractivity contribution in [2.24, 2.45) is 0 Å². The van der Waals surface area contributed by atoms with Crippen molar-refractivity contribution in [1.29, 1.82) is 0 Å². The number of carbonyl (C=O) groups is 1. The molecule has 0 aliphatic carbocycles. The summed E-state index contributed by atoms with van der Waals surface area (Å²) < 4.78 is 0. The lowest BCUT2D eigenvalue weighted by atomic mass is 10.1. The molecule has 3 aromatic rings. The molecule has 1 aromatic heterocycles. The summed E-state index contributed by atoms with van der Waals surface area (Å²) in [7, 11) is 0. The number of anilines is 2. The standard InChI is InChI=1S/C17H15N3O/c1-11-17(19-13-7-4-3-5-8-13)20-16-14(12(2)21)9-6-10-15(16)18-11/h3-10H,1-2H3,(H,19,20). The first-order valence-corrected chi connectivity index (χ1v) is 6.75. The van der Waals surface area contributed by atoms with Crippen molar-refractivity contribution >= 4 is 28.3 Å². The molecule has 0 fully saturated rings. The third-order valence-electron chi connectivity index (χ3n) is 3.29. The van der Waals surface area contributed by atoms with Gasteiger partial charge in [-0.15, -0.1) is 0 Å². The van der Waals surface area contributed by atoms with E-state index >= 15 is 0 Å². The molecule has 1 heterocycles. The van der Waals surface area contributed by atoms with E-state index in [2.05, 4.69) is 15.3 Å². The molecule has 4 nitrogen and oxygen atoms in total. The summed E-state index contributed by atoms with van der Waals surface area (Å²) in [6, 6.07) is 15.3. The normalized spacial score (nSPS) is 10.6. The number of benzene rings is 2. The first-order valence-electron chi connectivity index (χ1n) is 6.75. The maximum Gasteiger partial charge on any atom is 0.162 e. The molecule has 0 aliphatic heterocycles. The highest BCUT2D eigenvalue weighted by Crippen LogP contribution is 2.22. The molecule has 0 saturated carbocycles. The highest BCUT2D eigenvalue weighted by molar-refractivity contribution is 6.05. The van der Waals surface area contributed by atoms with Gasteiger partial charge in [-0.25, -0.2) is 9.97 Å². The van der Waals surface area contributed by atoms with Crippen LogP contribution in [0.4, 0.5) is 11.5 Å². The Kier molecular flexibility index (Phi) is 3.36. The molecule has 2 aromatic carbocycles. The van der Waals surface area contributed by atoms with Crippen LogP contribution < -0.4 is 5.32 Å². The second-order valence-electron chi connectivity index (χ2n) is 4.88. The predicted molar refractivity (Wildman–Crippen MR) is 84.0 cm³/mol. The van der Waals surface area contributed by atoms with Crippen molar-refractivity contribution in [3.8, 4) is 0 Å². The fourth-order valence-electron chi connectivity index (χ4n) is 2.23. The Morgan fingerprint density at radius 3 is 2.48 bits per heavy atom. The Morgan fingerprint density at radius 1 is 1.00 bits per heavy atom. The number of para-hydroxylation sites is 2. The van der Waals surface area contributed by atoms with Gasteiger partial charge in [0.05, 0.1) is 11.2 Å². The third kappa shape index (κ3) is 2.60. The molecule has 0 aliphatic rings. The number of hydrogen-bond acceptors (Lipinski definition) is 4. The van der Waals surface area contributed by atoms with E-state index in [1.807, 2.05) is 49.4 Å². The van der Waals surface area contributed by atoms with Gasteiger partial charge in [0, 0.05) is 11.3 Å². The molecule has 0 atom stereocenters. The zero-order valence-corrected chi connectivity index (χ0v) is 11.9. The second-order valence-corrected chi connectivity index (χ2v) is 4.88. The molecule has 0 spiro atoms. The van der Waals surface area contributed by atoms with Crippen LogP contribution in [-0.2, 0) is 0 Å². The molecule has 0 radical (unpaired) electrons. The number of hydrogen-bond donors (Lipinski definition) is 1. The zero-order valence-electron chi connectivity index (χ0n) is 11.9. The van der Waals surface area contributed by atoms with Crippen molar-refractivity contribution in [2.75, 3.05) is 5.32 Å². The molecule has 1 N–H and O–H groups in total. The molecule has 21 heavy (non-hydrogen) atoms. The molecule has 3 rings (SSSR count). The van der Waals surface area contributed by atoms with E-state index in [9.17, 15) is 4.79 Å². The van der Waals surface area contributed by atoms with Crippen molar-refractivity contribution in [3.63, 3.8) is 0 Å². The van der Waals surface area contributed by atoms with Crippen LogP contribution in [0.5, 0.6) is 0 Å². The van der Waals surface area contributed by atoms with Gasteiger partial charge in [0.15, 0.2) is 11.6 Å². The Bertz CT molecular complexity index is 813. The van der Waals surface area contributed by atoms with E-state index in [0.717, 1.165) is 16.9 Å². The molecular formula is C17H15N3O. The van der Waals surface area contributed by atoms with Gasteiger partial charge in [0.2, 0.25) is 0 Å². The highest BCUT2D eigenvalue weighted by Gasteiger charge is 2.11. The fourth-order valence-corrected chi connectivity index (χ4v) is 2.23. The summed E-state index contributed by atoms with van der Waals surface area (Å²) in [6.07, 6.45) is 0. The average Bonchev–Trinajstić information content (AvgIpc) is 2.48. The highest BCUT2D eigenvalue weighted by atomic mass is 16.1. The molecule has 0 unspecified atom stereocenters. The number of rotatable bonds is 3. The minimum absolute atomic E-state index is 0.00980. The van der Waals surface area contributed by atoms with Crippen LogP contribution in [0.15, 0.2) is 48.5 Å². The minimum atomic E-state index is -0.00980. The number of aromatic nitrogens is 2. The summed E-state index contributed by atoms with van der Waals surface area (Å²) in [5, 5.41) is 3.25. The van der Waals surface area contributed by atoms with Gasteiger partial charge in [0.1, 0.15) is 5.52 Å². The van der Waals surface area contributed by atoms with E-state index in [0.29, 0.717) is 16.9 Å². The van der Waals surface area contributed by atoms with Gasteiger partial charge >= 0.3 is 0 Å². The van der Waals surface area contributed by atoms with Crippen LogP contribution in [0.1, 0.15) is 23.0 Å². The first-order chi connectivity index (χ1) is 10.1. The Hall–Kier alpha value is -2.75. The number of aryl methyl sites for hydroxylation is 1. The smallest absolute Gasteiger partial charge is 0.162 e. The van der Waals surface area contributed by atoms with Crippen LogP contribution in [0.2, 0.25) is 0 Å². The summed E-state index contributed by atoms with van der Waals surface area (Å²) in [5.41, 5.74) is 3.70. The Balaban J connectivity index is 2.13. The SMILES string of the molecule is CC(=O)c1cccc2nc(C)c(Nc3ccccc3)nc12. The number of carbonyl (C=O) groups excluding carboxylic acids is 1. The number of ketones is 1. The second kappa shape index (κ2) is 5.32. The van der Waals surface area contributed by atoms with E-state index in [1.165, 1.54) is 0 Å². The van der Waals surface area contributed by atoms with Crippen molar-refractivity contribution in [2.45, 2.75) is 13.8 Å². The number of nitrogens with zero attached hydrogens (tertiary/aromatic N) is 2. The van der Waals surface area contributed by atoms with Gasteiger partial charge in [-0.1, -0.05) is 24.3 Å². The summed E-state index contributed by atoms with van der Waals surface area (Å²) >= 11 is 0. The fraction of sp³-hybridized carbons (Fsp3) is 0.118. The van der Waals surface area contributed by atoms with E-state index < -0.39 is 0 Å².